The summed E-state index contributed by atoms with van der Waals surface area (Å²) in [5.41, 5.74) is 0.359. The van der Waals surface area contributed by atoms with Gasteiger partial charge in [0, 0.05) is 19.6 Å². The molecule has 2 rings (SSSR count). The van der Waals surface area contributed by atoms with E-state index < -0.39 is 0 Å². The van der Waals surface area contributed by atoms with Crippen LogP contribution in [0.1, 0.15) is 13.8 Å². The zero-order valence-corrected chi connectivity index (χ0v) is 8.39. The van der Waals surface area contributed by atoms with Crippen LogP contribution in [0.2, 0.25) is 0 Å². The Hall–Kier alpha value is -0.120. The van der Waals surface area contributed by atoms with Crippen LogP contribution in [0, 0.1) is 0 Å². The van der Waals surface area contributed by atoms with Crippen molar-refractivity contribution in [2.24, 2.45) is 0 Å². The first-order chi connectivity index (χ1) is 5.83. The molecule has 0 amide bonds. The van der Waals surface area contributed by atoms with Gasteiger partial charge in [-0.25, -0.2) is 0 Å². The highest BCUT2D eigenvalue weighted by Crippen LogP contribution is 2.21. The Morgan fingerprint density at radius 2 is 2.00 bits per heavy atom. The van der Waals surface area contributed by atoms with E-state index in [1.54, 1.807) is 0 Å². The SMILES string of the molecule is CC.CN1CCOCC12CNC2. The summed E-state index contributed by atoms with van der Waals surface area (Å²) < 4.78 is 5.42. The lowest BCUT2D eigenvalue weighted by Gasteiger charge is -2.51. The van der Waals surface area contributed by atoms with E-state index in [9.17, 15) is 0 Å². The van der Waals surface area contributed by atoms with E-state index in [2.05, 4.69) is 17.3 Å². The summed E-state index contributed by atoms with van der Waals surface area (Å²) in [4.78, 5) is 2.41. The van der Waals surface area contributed by atoms with Crippen molar-refractivity contribution in [2.45, 2.75) is 19.4 Å². The Kier molecular flexibility index (Phi) is 3.50. The Balaban J connectivity index is 0.000000336. The molecule has 0 aliphatic carbocycles. The molecule has 3 nitrogen and oxygen atoms in total. The van der Waals surface area contributed by atoms with Crippen LogP contribution in [0.4, 0.5) is 0 Å². The average molecular weight is 172 g/mol. The first kappa shape index (κ1) is 9.96. The first-order valence-electron chi connectivity index (χ1n) is 4.83. The molecule has 2 aliphatic rings. The molecule has 0 radical (unpaired) electrons. The number of likely N-dealkylation sites (N-methyl/N-ethyl adjacent to an activating group) is 1. The zero-order valence-electron chi connectivity index (χ0n) is 8.39. The van der Waals surface area contributed by atoms with E-state index in [1.165, 1.54) is 0 Å². The van der Waals surface area contributed by atoms with Crippen molar-refractivity contribution in [3.8, 4) is 0 Å². The van der Waals surface area contributed by atoms with Crippen molar-refractivity contribution in [2.75, 3.05) is 39.9 Å². The van der Waals surface area contributed by atoms with Gasteiger partial charge in [-0.15, -0.1) is 0 Å². The molecule has 3 heteroatoms. The van der Waals surface area contributed by atoms with Crippen molar-refractivity contribution in [3.05, 3.63) is 0 Å². The summed E-state index contributed by atoms with van der Waals surface area (Å²) in [7, 11) is 2.18. The molecule has 2 saturated heterocycles. The van der Waals surface area contributed by atoms with E-state index in [0.717, 1.165) is 32.8 Å². The highest BCUT2D eigenvalue weighted by atomic mass is 16.5. The van der Waals surface area contributed by atoms with E-state index in [-0.39, 0.29) is 0 Å². The number of nitrogens with one attached hydrogen (secondary N) is 1. The predicted octanol–water partition coefficient (Wildman–Crippen LogP) is 0.317. The third kappa shape index (κ3) is 1.63. The van der Waals surface area contributed by atoms with Gasteiger partial charge in [-0.3, -0.25) is 4.90 Å². The van der Waals surface area contributed by atoms with Crippen LogP contribution in [-0.2, 0) is 4.74 Å². The van der Waals surface area contributed by atoms with Gasteiger partial charge in [0.1, 0.15) is 0 Å². The maximum Gasteiger partial charge on any atom is 0.0692 e. The number of hydrogen-bond donors (Lipinski definition) is 1. The van der Waals surface area contributed by atoms with Gasteiger partial charge in [0.2, 0.25) is 0 Å². The summed E-state index contributed by atoms with van der Waals surface area (Å²) in [5.74, 6) is 0. The second-order valence-corrected chi connectivity index (χ2v) is 3.30. The van der Waals surface area contributed by atoms with Crippen LogP contribution < -0.4 is 5.32 Å². The van der Waals surface area contributed by atoms with Gasteiger partial charge in [0.05, 0.1) is 18.8 Å². The fraction of sp³-hybridized carbons (Fsp3) is 1.00. The van der Waals surface area contributed by atoms with Gasteiger partial charge in [0.25, 0.3) is 0 Å². The highest BCUT2D eigenvalue weighted by Gasteiger charge is 2.42. The van der Waals surface area contributed by atoms with Crippen LogP contribution in [0.3, 0.4) is 0 Å². The molecular weight excluding hydrogens is 152 g/mol. The molecule has 2 heterocycles. The Bertz CT molecular complexity index is 134. The minimum absolute atomic E-state index is 0.359. The number of hydrogen-bond acceptors (Lipinski definition) is 3. The summed E-state index contributed by atoms with van der Waals surface area (Å²) in [5, 5.41) is 3.28. The van der Waals surface area contributed by atoms with Gasteiger partial charge in [-0.2, -0.15) is 0 Å². The summed E-state index contributed by atoms with van der Waals surface area (Å²) >= 11 is 0. The van der Waals surface area contributed by atoms with E-state index in [0.29, 0.717) is 5.54 Å². The van der Waals surface area contributed by atoms with Gasteiger partial charge in [-0.05, 0) is 7.05 Å². The lowest BCUT2D eigenvalue weighted by atomic mass is 9.91. The monoisotopic (exact) mass is 172 g/mol. The first-order valence-corrected chi connectivity index (χ1v) is 4.83. The third-order valence-electron chi connectivity index (χ3n) is 2.66. The average Bonchev–Trinajstić information content (AvgIpc) is 2.06. The second kappa shape index (κ2) is 4.21. The summed E-state index contributed by atoms with van der Waals surface area (Å²) in [6, 6.07) is 0. The minimum Gasteiger partial charge on any atom is -0.378 e. The molecule has 12 heavy (non-hydrogen) atoms. The fourth-order valence-electron chi connectivity index (χ4n) is 1.60. The number of rotatable bonds is 0. The summed E-state index contributed by atoms with van der Waals surface area (Å²) in [6.07, 6.45) is 0. The number of morpholine rings is 1. The fourth-order valence-corrected chi connectivity index (χ4v) is 1.60. The maximum atomic E-state index is 5.42. The summed E-state index contributed by atoms with van der Waals surface area (Å²) in [6.45, 7) is 9.10. The highest BCUT2D eigenvalue weighted by molar-refractivity contribution is 5.02. The molecule has 0 bridgehead atoms. The van der Waals surface area contributed by atoms with Gasteiger partial charge in [0.15, 0.2) is 0 Å². The molecule has 72 valence electrons. The standard InChI is InChI=1S/C7H14N2O.C2H6/c1-9-2-3-10-6-7(9)4-8-5-7;1-2/h8H,2-6H2,1H3;1-2H3. The molecule has 0 unspecified atom stereocenters. The molecule has 0 saturated carbocycles. The van der Waals surface area contributed by atoms with Crippen molar-refractivity contribution in [1.82, 2.24) is 10.2 Å². The van der Waals surface area contributed by atoms with Crippen LogP contribution >= 0.6 is 0 Å². The third-order valence-corrected chi connectivity index (χ3v) is 2.66. The minimum atomic E-state index is 0.359. The van der Waals surface area contributed by atoms with Crippen LogP contribution in [-0.4, -0.2) is 50.3 Å². The molecule has 0 aromatic rings. The zero-order chi connectivity index (χ0) is 9.03. The van der Waals surface area contributed by atoms with Gasteiger partial charge < -0.3 is 10.1 Å². The largest absolute Gasteiger partial charge is 0.378 e. The molecule has 0 aromatic heterocycles. The van der Waals surface area contributed by atoms with Crippen LogP contribution in [0.15, 0.2) is 0 Å². The lowest BCUT2D eigenvalue weighted by Crippen LogP contribution is -2.72. The molecule has 1 N–H and O–H groups in total. The normalized spacial score (nSPS) is 27.2. The Morgan fingerprint density at radius 1 is 1.33 bits per heavy atom. The molecular formula is C9H20N2O. The number of ether oxygens (including phenoxy) is 1. The lowest BCUT2D eigenvalue weighted by molar-refractivity contribution is -0.0801. The molecule has 2 aliphatic heterocycles. The maximum absolute atomic E-state index is 5.42. The van der Waals surface area contributed by atoms with Crippen molar-refractivity contribution >= 4 is 0 Å². The number of nitrogens with zero attached hydrogens (tertiary/aromatic N) is 1. The molecule has 0 atom stereocenters. The molecule has 2 fully saturated rings. The van der Waals surface area contributed by atoms with Crippen molar-refractivity contribution in [1.29, 1.82) is 0 Å². The van der Waals surface area contributed by atoms with Crippen LogP contribution in [0.5, 0.6) is 0 Å². The Labute approximate surface area is 75.1 Å². The Morgan fingerprint density at radius 3 is 2.33 bits per heavy atom. The van der Waals surface area contributed by atoms with E-state index in [4.69, 9.17) is 4.74 Å². The van der Waals surface area contributed by atoms with Gasteiger partial charge in [-0.1, -0.05) is 13.8 Å². The quantitative estimate of drug-likeness (QED) is 0.569. The molecule has 1 spiro atoms. The van der Waals surface area contributed by atoms with Crippen molar-refractivity contribution < 1.29 is 4.74 Å². The van der Waals surface area contributed by atoms with Gasteiger partial charge >= 0.3 is 0 Å². The van der Waals surface area contributed by atoms with Crippen LogP contribution in [0.25, 0.3) is 0 Å². The smallest absolute Gasteiger partial charge is 0.0692 e. The second-order valence-electron chi connectivity index (χ2n) is 3.30. The van der Waals surface area contributed by atoms with E-state index in [1.807, 2.05) is 13.8 Å². The predicted molar refractivity (Wildman–Crippen MR) is 50.4 cm³/mol. The molecule has 0 aromatic carbocycles. The topological polar surface area (TPSA) is 24.5 Å². The van der Waals surface area contributed by atoms with Crippen molar-refractivity contribution in [3.63, 3.8) is 0 Å². The van der Waals surface area contributed by atoms with E-state index >= 15 is 0 Å².